The SMILES string of the molecule is CC1(C)[C@@H]2[C@@H](C(=O)N[C@@H](C[C@@H]3CCNC3=O)C(=O)C(=O)NC3CC3)N(C(=O)COc3ccc(-c4ccc(F)cc4)cc3)C[C@@H]21. The van der Waals surface area contributed by atoms with Gasteiger partial charge in [-0.1, -0.05) is 38.1 Å². The van der Waals surface area contributed by atoms with E-state index in [1.54, 1.807) is 24.3 Å². The highest BCUT2D eigenvalue weighted by molar-refractivity contribution is 6.38. The Labute approximate surface area is 255 Å². The van der Waals surface area contributed by atoms with E-state index in [9.17, 15) is 28.4 Å². The average Bonchev–Trinajstić information content (AvgIpc) is 3.77. The summed E-state index contributed by atoms with van der Waals surface area (Å²) in [4.78, 5) is 66.9. The number of ketones is 1. The quantitative estimate of drug-likeness (QED) is 0.337. The Morgan fingerprint density at radius 3 is 2.30 bits per heavy atom. The summed E-state index contributed by atoms with van der Waals surface area (Å²) in [7, 11) is 0. The number of amides is 4. The normalized spacial score (nSPS) is 25.4. The maximum Gasteiger partial charge on any atom is 0.289 e. The number of hydrogen-bond acceptors (Lipinski definition) is 6. The van der Waals surface area contributed by atoms with Crippen LogP contribution in [0.4, 0.5) is 4.39 Å². The van der Waals surface area contributed by atoms with Crippen LogP contribution < -0.4 is 20.7 Å². The lowest BCUT2D eigenvalue weighted by atomic mass is 9.94. The molecule has 0 aromatic heterocycles. The summed E-state index contributed by atoms with van der Waals surface area (Å²) in [5.74, 6) is -2.94. The van der Waals surface area contributed by atoms with Crippen molar-refractivity contribution in [3.63, 3.8) is 0 Å². The first-order chi connectivity index (χ1) is 21.0. The summed E-state index contributed by atoms with van der Waals surface area (Å²) in [6, 6.07) is 11.2. The number of benzene rings is 2. The number of likely N-dealkylation sites (tertiary alicyclic amines) is 1. The summed E-state index contributed by atoms with van der Waals surface area (Å²) in [5, 5.41) is 8.19. The van der Waals surface area contributed by atoms with Crippen LogP contribution in [0.3, 0.4) is 0 Å². The summed E-state index contributed by atoms with van der Waals surface area (Å²) in [5.41, 5.74) is 1.55. The lowest BCUT2D eigenvalue weighted by Crippen LogP contribution is -2.56. The molecule has 2 aliphatic carbocycles. The number of carbonyl (C=O) groups is 5. The zero-order valence-corrected chi connectivity index (χ0v) is 24.8. The van der Waals surface area contributed by atoms with Gasteiger partial charge in [0.2, 0.25) is 17.6 Å². The molecule has 6 rings (SSSR count). The van der Waals surface area contributed by atoms with E-state index in [0.717, 1.165) is 24.0 Å². The van der Waals surface area contributed by atoms with Crippen molar-refractivity contribution in [3.05, 3.63) is 54.3 Å². The predicted molar refractivity (Wildman–Crippen MR) is 157 cm³/mol. The van der Waals surface area contributed by atoms with Crippen LogP contribution in [0.15, 0.2) is 48.5 Å². The fourth-order valence-electron chi connectivity index (χ4n) is 6.74. The van der Waals surface area contributed by atoms with Gasteiger partial charge in [0.1, 0.15) is 17.6 Å². The molecule has 10 nitrogen and oxygen atoms in total. The molecule has 2 saturated heterocycles. The van der Waals surface area contributed by atoms with Crippen molar-refractivity contribution in [1.29, 1.82) is 0 Å². The molecule has 2 aliphatic heterocycles. The second kappa shape index (κ2) is 11.7. The average molecular weight is 605 g/mol. The minimum Gasteiger partial charge on any atom is -0.484 e. The van der Waals surface area contributed by atoms with Gasteiger partial charge in [-0.05, 0) is 78.3 Å². The first kappa shape index (κ1) is 29.8. The maximum atomic E-state index is 13.8. The van der Waals surface area contributed by atoms with Crippen molar-refractivity contribution in [1.82, 2.24) is 20.9 Å². The van der Waals surface area contributed by atoms with Crippen molar-refractivity contribution < 1.29 is 33.1 Å². The van der Waals surface area contributed by atoms with E-state index in [1.807, 2.05) is 12.1 Å². The number of carbonyl (C=O) groups excluding carboxylic acids is 5. The van der Waals surface area contributed by atoms with Gasteiger partial charge in [0.05, 0.1) is 6.04 Å². The van der Waals surface area contributed by atoms with E-state index < -0.39 is 35.6 Å². The zero-order valence-electron chi connectivity index (χ0n) is 24.8. The molecule has 4 aliphatic rings. The third-order valence-electron chi connectivity index (χ3n) is 9.64. The van der Waals surface area contributed by atoms with Crippen molar-refractivity contribution >= 4 is 29.4 Å². The van der Waals surface area contributed by atoms with Crippen LogP contribution in [0, 0.1) is 29.0 Å². The number of Topliss-reactive ketones (excluding diaryl/α,β-unsaturated/α-hetero) is 1. The topological polar surface area (TPSA) is 134 Å². The highest BCUT2D eigenvalue weighted by Gasteiger charge is 2.69. The van der Waals surface area contributed by atoms with Crippen molar-refractivity contribution in [2.24, 2.45) is 23.2 Å². The van der Waals surface area contributed by atoms with Crippen LogP contribution in [0.5, 0.6) is 5.75 Å². The summed E-state index contributed by atoms with van der Waals surface area (Å²) < 4.78 is 19.0. The highest BCUT2D eigenvalue weighted by Crippen LogP contribution is 2.64. The number of nitrogens with one attached hydrogen (secondary N) is 3. The molecule has 0 bridgehead atoms. The third kappa shape index (κ3) is 6.05. The Balaban J connectivity index is 1.12. The first-order valence-corrected chi connectivity index (χ1v) is 15.2. The molecule has 5 atom stereocenters. The molecule has 4 fully saturated rings. The van der Waals surface area contributed by atoms with Gasteiger partial charge < -0.3 is 25.6 Å². The fourth-order valence-corrected chi connectivity index (χ4v) is 6.74. The lowest BCUT2D eigenvalue weighted by molar-refractivity contribution is -0.144. The third-order valence-corrected chi connectivity index (χ3v) is 9.64. The van der Waals surface area contributed by atoms with Gasteiger partial charge in [0, 0.05) is 25.0 Å². The van der Waals surface area contributed by atoms with Crippen LogP contribution >= 0.6 is 0 Å². The molecule has 44 heavy (non-hydrogen) atoms. The van der Waals surface area contributed by atoms with Crippen LogP contribution in [-0.2, 0) is 24.0 Å². The number of ether oxygens (including phenoxy) is 1. The monoisotopic (exact) mass is 604 g/mol. The van der Waals surface area contributed by atoms with E-state index in [1.165, 1.54) is 17.0 Å². The van der Waals surface area contributed by atoms with E-state index in [-0.39, 0.29) is 54.0 Å². The Morgan fingerprint density at radius 2 is 1.68 bits per heavy atom. The maximum absolute atomic E-state index is 13.8. The number of nitrogens with zero attached hydrogens (tertiary/aromatic N) is 1. The van der Waals surface area contributed by atoms with Gasteiger partial charge in [-0.15, -0.1) is 0 Å². The van der Waals surface area contributed by atoms with Gasteiger partial charge in [-0.25, -0.2) is 4.39 Å². The number of hydrogen-bond donors (Lipinski definition) is 3. The molecular weight excluding hydrogens is 567 g/mol. The molecule has 2 saturated carbocycles. The number of rotatable bonds is 11. The molecule has 2 aromatic rings. The minimum atomic E-state index is -1.18. The van der Waals surface area contributed by atoms with Crippen LogP contribution in [0.1, 0.15) is 39.5 Å². The molecule has 4 amide bonds. The fraction of sp³-hybridized carbons (Fsp3) is 0.485. The van der Waals surface area contributed by atoms with Gasteiger partial charge in [0.15, 0.2) is 6.61 Å². The Hall–Kier alpha value is -4.28. The standard InChI is InChI=1S/C33H37FN4O6/c1-33(2)24-16-38(26(39)17-44-23-11-5-19(6-12-23)18-3-7-21(34)8-4-18)28(27(24)33)31(42)37-25(15-20-13-14-35-30(20)41)29(40)32(43)36-22-9-10-22/h3-8,11-12,20,22,24-25,27-28H,9-10,13-17H2,1-2H3,(H,35,41)(H,36,43)(H,37,42)/t20-,24-,25-,27-,28-/m0/s1. The van der Waals surface area contributed by atoms with Gasteiger partial charge in [-0.3, -0.25) is 24.0 Å². The van der Waals surface area contributed by atoms with Crippen LogP contribution in [0.2, 0.25) is 0 Å². The van der Waals surface area contributed by atoms with E-state index in [2.05, 4.69) is 29.8 Å². The van der Waals surface area contributed by atoms with E-state index >= 15 is 0 Å². The number of halogens is 1. The van der Waals surface area contributed by atoms with Crippen molar-refractivity contribution in [2.75, 3.05) is 19.7 Å². The van der Waals surface area contributed by atoms with Gasteiger partial charge in [-0.2, -0.15) is 0 Å². The molecule has 2 aromatic carbocycles. The van der Waals surface area contributed by atoms with Crippen molar-refractivity contribution in [2.45, 2.75) is 57.7 Å². The molecule has 3 N–H and O–H groups in total. The first-order valence-electron chi connectivity index (χ1n) is 15.2. The number of piperidine rings is 1. The largest absolute Gasteiger partial charge is 0.484 e. The predicted octanol–water partition coefficient (Wildman–Crippen LogP) is 2.21. The molecule has 0 unspecified atom stereocenters. The molecule has 232 valence electrons. The Kier molecular flexibility index (Phi) is 7.89. The summed E-state index contributed by atoms with van der Waals surface area (Å²) >= 11 is 0. The van der Waals surface area contributed by atoms with Crippen LogP contribution in [-0.4, -0.2) is 72.1 Å². The van der Waals surface area contributed by atoms with Gasteiger partial charge >= 0.3 is 0 Å². The molecule has 0 spiro atoms. The van der Waals surface area contributed by atoms with Crippen molar-refractivity contribution in [3.8, 4) is 16.9 Å². The van der Waals surface area contributed by atoms with E-state index in [0.29, 0.717) is 25.3 Å². The Morgan fingerprint density at radius 1 is 1.02 bits per heavy atom. The molecular formula is C33H37FN4O6. The summed E-state index contributed by atoms with van der Waals surface area (Å²) in [6.45, 7) is 4.68. The summed E-state index contributed by atoms with van der Waals surface area (Å²) in [6.07, 6.45) is 2.14. The van der Waals surface area contributed by atoms with Crippen LogP contribution in [0.25, 0.3) is 11.1 Å². The van der Waals surface area contributed by atoms with Gasteiger partial charge in [0.25, 0.3) is 11.8 Å². The van der Waals surface area contributed by atoms with E-state index in [4.69, 9.17) is 4.74 Å². The minimum absolute atomic E-state index is 0.0175. The second-order valence-electron chi connectivity index (χ2n) is 13.0. The second-order valence-corrected chi connectivity index (χ2v) is 13.0. The lowest BCUT2D eigenvalue weighted by Gasteiger charge is -2.31. The smallest absolute Gasteiger partial charge is 0.289 e. The zero-order chi connectivity index (χ0) is 31.2. The Bertz CT molecular complexity index is 1470. The molecule has 11 heteroatoms. The highest BCUT2D eigenvalue weighted by atomic mass is 19.1. The molecule has 0 radical (unpaired) electrons. The number of fused-ring (bicyclic) bond motifs is 1. The molecule has 2 heterocycles.